The second kappa shape index (κ2) is 11.7. The van der Waals surface area contributed by atoms with Gasteiger partial charge < -0.3 is 19.4 Å². The summed E-state index contributed by atoms with van der Waals surface area (Å²) >= 11 is 0. The van der Waals surface area contributed by atoms with E-state index in [2.05, 4.69) is 15.1 Å². The van der Waals surface area contributed by atoms with Crippen molar-refractivity contribution >= 4 is 17.6 Å². The summed E-state index contributed by atoms with van der Waals surface area (Å²) in [5.41, 5.74) is 3.35. The normalized spacial score (nSPS) is 13.5. The van der Waals surface area contributed by atoms with Gasteiger partial charge in [-0.25, -0.2) is 4.39 Å². The van der Waals surface area contributed by atoms with Gasteiger partial charge >= 0.3 is 0 Å². The Balaban J connectivity index is 1.34. The standard InChI is InChI=1S/C27H30FN5O3/c1-20-3-5-21(6-4-20)24-11-12-25(30-29-24)31-13-15-32(16-14-31)26(34)19-33(17-18-36-2)27(35)22-7-9-23(28)10-8-22/h3-12H,13-19H2,1-2H3. The number of carbonyl (C=O) groups excluding carboxylic acids is 2. The van der Waals surface area contributed by atoms with Crippen LogP contribution in [0.1, 0.15) is 15.9 Å². The molecule has 9 heteroatoms. The van der Waals surface area contributed by atoms with Crippen molar-refractivity contribution in [1.82, 2.24) is 20.0 Å². The molecule has 3 aromatic rings. The number of carbonyl (C=O) groups is 2. The van der Waals surface area contributed by atoms with Crippen LogP contribution in [0.15, 0.2) is 60.7 Å². The number of piperazine rings is 1. The van der Waals surface area contributed by atoms with Crippen LogP contribution in [-0.4, -0.2) is 84.8 Å². The highest BCUT2D eigenvalue weighted by Gasteiger charge is 2.26. The molecule has 8 nitrogen and oxygen atoms in total. The van der Waals surface area contributed by atoms with Gasteiger partial charge in [-0.3, -0.25) is 9.59 Å². The number of aryl methyl sites for hydroxylation is 1. The molecule has 0 radical (unpaired) electrons. The maximum Gasteiger partial charge on any atom is 0.254 e. The summed E-state index contributed by atoms with van der Waals surface area (Å²) in [4.78, 5) is 31.2. The molecule has 1 aliphatic heterocycles. The topological polar surface area (TPSA) is 78.9 Å². The molecule has 2 heterocycles. The van der Waals surface area contributed by atoms with Crippen LogP contribution < -0.4 is 4.90 Å². The summed E-state index contributed by atoms with van der Waals surface area (Å²) in [6, 6.07) is 17.4. The van der Waals surface area contributed by atoms with Crippen LogP contribution in [0.2, 0.25) is 0 Å². The molecule has 0 unspecified atom stereocenters. The lowest BCUT2D eigenvalue weighted by molar-refractivity contribution is -0.132. The van der Waals surface area contributed by atoms with Crippen molar-refractivity contribution in [3.63, 3.8) is 0 Å². The number of halogens is 1. The van der Waals surface area contributed by atoms with Gasteiger partial charge in [0.15, 0.2) is 5.82 Å². The minimum Gasteiger partial charge on any atom is -0.383 e. The largest absolute Gasteiger partial charge is 0.383 e. The van der Waals surface area contributed by atoms with Gasteiger partial charge in [0.1, 0.15) is 12.4 Å². The Hall–Kier alpha value is -3.85. The first-order chi connectivity index (χ1) is 17.4. The molecule has 2 amide bonds. The quantitative estimate of drug-likeness (QED) is 0.482. The van der Waals surface area contributed by atoms with Gasteiger partial charge in [-0.1, -0.05) is 29.8 Å². The number of aromatic nitrogens is 2. The van der Waals surface area contributed by atoms with E-state index in [4.69, 9.17) is 4.74 Å². The van der Waals surface area contributed by atoms with E-state index in [9.17, 15) is 14.0 Å². The first-order valence-corrected chi connectivity index (χ1v) is 11.9. The van der Waals surface area contributed by atoms with E-state index >= 15 is 0 Å². The summed E-state index contributed by atoms with van der Waals surface area (Å²) < 4.78 is 18.4. The molecular weight excluding hydrogens is 461 g/mol. The lowest BCUT2D eigenvalue weighted by Gasteiger charge is -2.36. The van der Waals surface area contributed by atoms with Crippen LogP contribution in [0, 0.1) is 12.7 Å². The van der Waals surface area contributed by atoms with Gasteiger partial charge in [0.05, 0.1) is 12.3 Å². The summed E-state index contributed by atoms with van der Waals surface area (Å²) in [6.07, 6.45) is 0. The molecule has 0 spiro atoms. The minimum absolute atomic E-state index is 0.0649. The van der Waals surface area contributed by atoms with E-state index in [1.807, 2.05) is 43.3 Å². The number of rotatable bonds is 8. The first-order valence-electron chi connectivity index (χ1n) is 11.9. The van der Waals surface area contributed by atoms with Crippen molar-refractivity contribution in [1.29, 1.82) is 0 Å². The van der Waals surface area contributed by atoms with Crippen molar-refractivity contribution in [3.05, 3.63) is 77.6 Å². The molecule has 0 saturated carbocycles. The maximum absolute atomic E-state index is 13.3. The molecule has 4 rings (SSSR count). The van der Waals surface area contributed by atoms with Gasteiger partial charge in [-0.15, -0.1) is 10.2 Å². The average molecular weight is 492 g/mol. The molecule has 1 aromatic heterocycles. The van der Waals surface area contributed by atoms with Gasteiger partial charge in [-0.05, 0) is 43.3 Å². The zero-order chi connectivity index (χ0) is 25.5. The summed E-state index contributed by atoms with van der Waals surface area (Å²) in [5.74, 6) is -0.116. The maximum atomic E-state index is 13.3. The molecular formula is C27H30FN5O3. The second-order valence-corrected chi connectivity index (χ2v) is 8.74. The number of hydrogen-bond acceptors (Lipinski definition) is 6. The minimum atomic E-state index is -0.418. The van der Waals surface area contributed by atoms with Crippen molar-refractivity contribution in [2.45, 2.75) is 6.92 Å². The monoisotopic (exact) mass is 491 g/mol. The van der Waals surface area contributed by atoms with Gasteiger partial charge in [0, 0.05) is 51.0 Å². The Morgan fingerprint density at radius 2 is 1.64 bits per heavy atom. The number of hydrogen-bond donors (Lipinski definition) is 0. The Labute approximate surface area is 210 Å². The van der Waals surface area contributed by atoms with E-state index in [-0.39, 0.29) is 24.9 Å². The highest BCUT2D eigenvalue weighted by Crippen LogP contribution is 2.20. The molecule has 1 saturated heterocycles. The fourth-order valence-electron chi connectivity index (χ4n) is 4.05. The summed E-state index contributed by atoms with van der Waals surface area (Å²) in [7, 11) is 1.54. The van der Waals surface area contributed by atoms with Crippen LogP contribution in [0.25, 0.3) is 11.3 Å². The third kappa shape index (κ3) is 6.23. The fraction of sp³-hybridized carbons (Fsp3) is 0.333. The molecule has 36 heavy (non-hydrogen) atoms. The molecule has 0 N–H and O–H groups in total. The number of benzene rings is 2. The smallest absolute Gasteiger partial charge is 0.254 e. The Kier molecular flexibility index (Phi) is 8.22. The first kappa shape index (κ1) is 25.2. The predicted octanol–water partition coefficient (Wildman–Crippen LogP) is 3.03. The Morgan fingerprint density at radius 1 is 0.944 bits per heavy atom. The molecule has 0 aliphatic carbocycles. The fourth-order valence-corrected chi connectivity index (χ4v) is 4.05. The lowest BCUT2D eigenvalue weighted by atomic mass is 10.1. The zero-order valence-corrected chi connectivity index (χ0v) is 20.6. The van der Waals surface area contributed by atoms with Crippen LogP contribution in [0.4, 0.5) is 10.2 Å². The average Bonchev–Trinajstić information content (AvgIpc) is 2.91. The molecule has 0 bridgehead atoms. The number of amides is 2. The van der Waals surface area contributed by atoms with Crippen molar-refractivity contribution in [2.24, 2.45) is 0 Å². The molecule has 1 aliphatic rings. The SMILES string of the molecule is COCCN(CC(=O)N1CCN(c2ccc(-c3ccc(C)cc3)nn2)CC1)C(=O)c1ccc(F)cc1. The van der Waals surface area contributed by atoms with E-state index in [1.54, 1.807) is 4.90 Å². The van der Waals surface area contributed by atoms with Crippen molar-refractivity contribution in [2.75, 3.05) is 57.9 Å². The van der Waals surface area contributed by atoms with E-state index in [0.29, 0.717) is 38.3 Å². The Morgan fingerprint density at radius 3 is 2.25 bits per heavy atom. The molecule has 2 aromatic carbocycles. The van der Waals surface area contributed by atoms with Gasteiger partial charge in [-0.2, -0.15) is 0 Å². The van der Waals surface area contributed by atoms with Gasteiger partial charge in [0.2, 0.25) is 5.91 Å². The van der Waals surface area contributed by atoms with E-state index in [1.165, 1.54) is 41.8 Å². The third-order valence-corrected chi connectivity index (χ3v) is 6.22. The highest BCUT2D eigenvalue weighted by atomic mass is 19.1. The third-order valence-electron chi connectivity index (χ3n) is 6.22. The summed E-state index contributed by atoms with van der Waals surface area (Å²) in [6.45, 7) is 4.81. The van der Waals surface area contributed by atoms with E-state index < -0.39 is 5.82 Å². The van der Waals surface area contributed by atoms with Crippen molar-refractivity contribution in [3.8, 4) is 11.3 Å². The zero-order valence-electron chi connectivity index (χ0n) is 20.6. The highest BCUT2D eigenvalue weighted by molar-refractivity contribution is 5.96. The predicted molar refractivity (Wildman–Crippen MR) is 135 cm³/mol. The van der Waals surface area contributed by atoms with Gasteiger partial charge in [0.25, 0.3) is 5.91 Å². The van der Waals surface area contributed by atoms with Crippen LogP contribution in [0.5, 0.6) is 0 Å². The van der Waals surface area contributed by atoms with Crippen LogP contribution in [0.3, 0.4) is 0 Å². The number of anilines is 1. The molecule has 188 valence electrons. The van der Waals surface area contributed by atoms with Crippen molar-refractivity contribution < 1.29 is 18.7 Å². The van der Waals surface area contributed by atoms with E-state index in [0.717, 1.165) is 17.1 Å². The lowest BCUT2D eigenvalue weighted by Crippen LogP contribution is -2.52. The Bertz CT molecular complexity index is 1160. The van der Waals surface area contributed by atoms with Crippen LogP contribution in [-0.2, 0) is 9.53 Å². The summed E-state index contributed by atoms with van der Waals surface area (Å²) in [5, 5.41) is 8.77. The number of ether oxygens (including phenoxy) is 1. The number of nitrogens with zero attached hydrogens (tertiary/aromatic N) is 5. The second-order valence-electron chi connectivity index (χ2n) is 8.74. The number of methoxy groups -OCH3 is 1. The molecule has 0 atom stereocenters. The molecule has 1 fully saturated rings. The van der Waals surface area contributed by atoms with Crippen LogP contribution >= 0.6 is 0 Å².